The molecule has 2 aromatic heterocycles. The Morgan fingerprint density at radius 2 is 2.12 bits per heavy atom. The molecule has 0 saturated heterocycles. The molecular weight excluding hydrogens is 202 g/mol. The quantitative estimate of drug-likeness (QED) is 0.778. The zero-order chi connectivity index (χ0) is 11.8. The minimum absolute atomic E-state index is 0.203. The molecule has 0 fully saturated rings. The van der Waals surface area contributed by atoms with Crippen molar-refractivity contribution in [3.8, 4) is 5.75 Å². The van der Waals surface area contributed by atoms with E-state index >= 15 is 0 Å². The summed E-state index contributed by atoms with van der Waals surface area (Å²) in [6, 6.07) is 3.77. The summed E-state index contributed by atoms with van der Waals surface area (Å²) in [5.74, 6) is 1.68. The first-order valence-corrected chi connectivity index (χ1v) is 5.37. The second-order valence-electron chi connectivity index (χ2n) is 5.13. The summed E-state index contributed by atoms with van der Waals surface area (Å²) < 4.78 is 6.93. The fourth-order valence-electron chi connectivity index (χ4n) is 1.59. The van der Waals surface area contributed by atoms with Gasteiger partial charge in [0.2, 0.25) is 0 Å². The molecule has 0 atom stereocenters. The third kappa shape index (κ3) is 2.32. The largest absolute Gasteiger partial charge is 0.497 e. The van der Waals surface area contributed by atoms with Gasteiger partial charge in [0.15, 0.2) is 11.5 Å². The molecule has 2 rings (SSSR count). The molecular formula is C12H17N3O. The van der Waals surface area contributed by atoms with Crippen LogP contribution >= 0.6 is 0 Å². The highest BCUT2D eigenvalue weighted by Crippen LogP contribution is 2.19. The Bertz CT molecular complexity index is 496. The Hall–Kier alpha value is -1.58. The standard InChI is InChI=1S/C12H17N3O/c1-12(2,3)8-10-13-11-7-9(16-4)5-6-15(11)14-10/h5-7H,8H2,1-4H3. The Morgan fingerprint density at radius 1 is 1.38 bits per heavy atom. The van der Waals surface area contributed by atoms with Gasteiger partial charge in [-0.3, -0.25) is 0 Å². The molecule has 0 radical (unpaired) electrons. The van der Waals surface area contributed by atoms with Crippen molar-refractivity contribution in [1.29, 1.82) is 0 Å². The fraction of sp³-hybridized carbons (Fsp3) is 0.500. The SMILES string of the molecule is COc1ccn2nc(CC(C)(C)C)nc2c1. The summed E-state index contributed by atoms with van der Waals surface area (Å²) in [6.07, 6.45) is 2.74. The average Bonchev–Trinajstić information content (AvgIpc) is 2.55. The Morgan fingerprint density at radius 3 is 2.75 bits per heavy atom. The van der Waals surface area contributed by atoms with Gasteiger partial charge in [-0.2, -0.15) is 5.10 Å². The molecule has 0 amide bonds. The lowest BCUT2D eigenvalue weighted by molar-refractivity contribution is 0.401. The number of aromatic nitrogens is 3. The van der Waals surface area contributed by atoms with Crippen molar-refractivity contribution >= 4 is 5.65 Å². The van der Waals surface area contributed by atoms with Crippen molar-refractivity contribution in [2.75, 3.05) is 7.11 Å². The van der Waals surface area contributed by atoms with Crippen molar-refractivity contribution < 1.29 is 4.74 Å². The van der Waals surface area contributed by atoms with Crippen LogP contribution in [0.25, 0.3) is 5.65 Å². The summed E-state index contributed by atoms with van der Waals surface area (Å²) in [5, 5.41) is 4.42. The van der Waals surface area contributed by atoms with Gasteiger partial charge in [-0.25, -0.2) is 9.50 Å². The Kier molecular flexibility index (Phi) is 2.58. The van der Waals surface area contributed by atoms with Crippen LogP contribution in [0.4, 0.5) is 0 Å². The van der Waals surface area contributed by atoms with Crippen molar-refractivity contribution in [2.45, 2.75) is 27.2 Å². The third-order valence-electron chi connectivity index (χ3n) is 2.28. The van der Waals surface area contributed by atoms with E-state index in [4.69, 9.17) is 4.74 Å². The van der Waals surface area contributed by atoms with Crippen LogP contribution in [0.15, 0.2) is 18.3 Å². The van der Waals surface area contributed by atoms with Crippen LogP contribution in [-0.2, 0) is 6.42 Å². The average molecular weight is 219 g/mol. The molecule has 0 N–H and O–H groups in total. The molecule has 0 bridgehead atoms. The van der Waals surface area contributed by atoms with Gasteiger partial charge in [-0.05, 0) is 11.5 Å². The van der Waals surface area contributed by atoms with E-state index in [1.165, 1.54) is 0 Å². The first kappa shape index (κ1) is 10.9. The van der Waals surface area contributed by atoms with E-state index < -0.39 is 0 Å². The topological polar surface area (TPSA) is 39.4 Å². The molecule has 0 aliphatic carbocycles. The molecule has 0 aliphatic rings. The molecule has 2 heterocycles. The van der Waals surface area contributed by atoms with E-state index in [9.17, 15) is 0 Å². The lowest BCUT2D eigenvalue weighted by atomic mass is 9.92. The Balaban J connectivity index is 2.36. The highest BCUT2D eigenvalue weighted by molar-refractivity contribution is 5.43. The van der Waals surface area contributed by atoms with Crippen LogP contribution in [0, 0.1) is 5.41 Å². The summed E-state index contributed by atoms with van der Waals surface area (Å²) in [6.45, 7) is 6.54. The monoisotopic (exact) mass is 219 g/mol. The van der Waals surface area contributed by atoms with Gasteiger partial charge in [0, 0.05) is 18.7 Å². The van der Waals surface area contributed by atoms with Gasteiger partial charge in [0.05, 0.1) is 7.11 Å². The molecule has 0 aromatic carbocycles. The van der Waals surface area contributed by atoms with Crippen LogP contribution in [0.5, 0.6) is 5.75 Å². The maximum absolute atomic E-state index is 5.15. The molecule has 0 unspecified atom stereocenters. The Labute approximate surface area is 95.3 Å². The van der Waals surface area contributed by atoms with Gasteiger partial charge < -0.3 is 4.74 Å². The van der Waals surface area contributed by atoms with Crippen LogP contribution < -0.4 is 4.74 Å². The number of pyridine rings is 1. The van der Waals surface area contributed by atoms with Gasteiger partial charge in [0.1, 0.15) is 5.75 Å². The first-order valence-electron chi connectivity index (χ1n) is 5.37. The predicted octanol–water partition coefficient (Wildman–Crippen LogP) is 2.33. The van der Waals surface area contributed by atoms with E-state index in [1.807, 2.05) is 18.3 Å². The minimum Gasteiger partial charge on any atom is -0.497 e. The van der Waals surface area contributed by atoms with Gasteiger partial charge >= 0.3 is 0 Å². The predicted molar refractivity (Wildman–Crippen MR) is 62.7 cm³/mol. The van der Waals surface area contributed by atoms with Gasteiger partial charge in [-0.15, -0.1) is 0 Å². The van der Waals surface area contributed by atoms with E-state index in [2.05, 4.69) is 30.9 Å². The number of methoxy groups -OCH3 is 1. The number of fused-ring (bicyclic) bond motifs is 1. The maximum atomic E-state index is 5.15. The van der Waals surface area contributed by atoms with Crippen molar-refractivity contribution in [3.05, 3.63) is 24.2 Å². The second-order valence-corrected chi connectivity index (χ2v) is 5.13. The summed E-state index contributed by atoms with van der Waals surface area (Å²) in [7, 11) is 1.65. The lowest BCUT2D eigenvalue weighted by Crippen LogP contribution is -2.10. The zero-order valence-corrected chi connectivity index (χ0v) is 10.2. The van der Waals surface area contributed by atoms with Crippen molar-refractivity contribution in [3.63, 3.8) is 0 Å². The van der Waals surface area contributed by atoms with E-state index in [0.29, 0.717) is 0 Å². The number of ether oxygens (including phenoxy) is 1. The maximum Gasteiger partial charge on any atom is 0.159 e. The molecule has 0 saturated carbocycles. The van der Waals surface area contributed by atoms with Crippen molar-refractivity contribution in [2.24, 2.45) is 5.41 Å². The normalized spacial score (nSPS) is 12.0. The van der Waals surface area contributed by atoms with Gasteiger partial charge in [-0.1, -0.05) is 20.8 Å². The second kappa shape index (κ2) is 3.77. The van der Waals surface area contributed by atoms with Crippen molar-refractivity contribution in [1.82, 2.24) is 14.6 Å². The number of rotatable bonds is 2. The minimum atomic E-state index is 0.203. The number of hydrogen-bond donors (Lipinski definition) is 0. The molecule has 4 nitrogen and oxygen atoms in total. The molecule has 2 aromatic rings. The smallest absolute Gasteiger partial charge is 0.159 e. The number of hydrogen-bond acceptors (Lipinski definition) is 3. The van der Waals surface area contributed by atoms with Crippen LogP contribution in [0.3, 0.4) is 0 Å². The summed E-state index contributed by atoms with van der Waals surface area (Å²) in [5.41, 5.74) is 1.04. The summed E-state index contributed by atoms with van der Waals surface area (Å²) >= 11 is 0. The van der Waals surface area contributed by atoms with Crippen LogP contribution in [0.1, 0.15) is 26.6 Å². The summed E-state index contributed by atoms with van der Waals surface area (Å²) in [4.78, 5) is 4.48. The third-order valence-corrected chi connectivity index (χ3v) is 2.28. The van der Waals surface area contributed by atoms with Crippen LogP contribution in [0.2, 0.25) is 0 Å². The van der Waals surface area contributed by atoms with E-state index in [1.54, 1.807) is 11.6 Å². The lowest BCUT2D eigenvalue weighted by Gasteiger charge is -2.14. The van der Waals surface area contributed by atoms with Crippen LogP contribution in [-0.4, -0.2) is 21.7 Å². The van der Waals surface area contributed by atoms with E-state index in [-0.39, 0.29) is 5.41 Å². The first-order chi connectivity index (χ1) is 7.48. The highest BCUT2D eigenvalue weighted by Gasteiger charge is 2.15. The highest BCUT2D eigenvalue weighted by atomic mass is 16.5. The van der Waals surface area contributed by atoms with E-state index in [0.717, 1.165) is 23.6 Å². The molecule has 86 valence electrons. The molecule has 0 spiro atoms. The zero-order valence-electron chi connectivity index (χ0n) is 10.2. The molecule has 4 heteroatoms. The fourth-order valence-corrected chi connectivity index (χ4v) is 1.59. The molecule has 16 heavy (non-hydrogen) atoms. The number of nitrogens with zero attached hydrogens (tertiary/aromatic N) is 3. The van der Waals surface area contributed by atoms with Gasteiger partial charge in [0.25, 0.3) is 0 Å². The molecule has 0 aliphatic heterocycles.